The van der Waals surface area contributed by atoms with Crippen LogP contribution >= 0.6 is 11.6 Å². The van der Waals surface area contributed by atoms with Crippen LogP contribution in [0.15, 0.2) is 0 Å². The van der Waals surface area contributed by atoms with Gasteiger partial charge in [0.1, 0.15) is 0 Å². The van der Waals surface area contributed by atoms with Crippen molar-refractivity contribution in [2.24, 2.45) is 11.8 Å². The first-order valence-electron chi connectivity index (χ1n) is 5.38. The van der Waals surface area contributed by atoms with Crippen molar-refractivity contribution in [2.75, 3.05) is 0 Å². The van der Waals surface area contributed by atoms with Gasteiger partial charge in [-0.3, -0.25) is 0 Å². The molecule has 12 heavy (non-hydrogen) atoms. The minimum Gasteiger partial charge on any atom is -0.123 e. The lowest BCUT2D eigenvalue weighted by atomic mass is 9.80. The minimum absolute atomic E-state index is 0.461. The highest BCUT2D eigenvalue weighted by molar-refractivity contribution is 6.20. The highest BCUT2D eigenvalue weighted by Crippen LogP contribution is 2.33. The van der Waals surface area contributed by atoms with Crippen molar-refractivity contribution in [3.63, 3.8) is 0 Å². The maximum atomic E-state index is 6.31. The average molecular weight is 189 g/mol. The fourth-order valence-electron chi connectivity index (χ4n) is 2.16. The summed E-state index contributed by atoms with van der Waals surface area (Å²) >= 11 is 6.31. The Hall–Kier alpha value is 0.290. The topological polar surface area (TPSA) is 0 Å². The zero-order valence-corrected chi connectivity index (χ0v) is 9.11. The quantitative estimate of drug-likeness (QED) is 0.582. The molecule has 1 fully saturated rings. The third-order valence-electron chi connectivity index (χ3n) is 3.14. The number of hydrogen-bond donors (Lipinski definition) is 0. The summed E-state index contributed by atoms with van der Waals surface area (Å²) in [6, 6.07) is 0. The van der Waals surface area contributed by atoms with E-state index in [0.29, 0.717) is 5.38 Å². The zero-order chi connectivity index (χ0) is 8.97. The van der Waals surface area contributed by atoms with Crippen LogP contribution in [0.4, 0.5) is 0 Å². The largest absolute Gasteiger partial charge is 0.123 e. The summed E-state index contributed by atoms with van der Waals surface area (Å²) in [5, 5.41) is 0.461. The van der Waals surface area contributed by atoms with Gasteiger partial charge in [-0.15, -0.1) is 11.6 Å². The highest BCUT2D eigenvalue weighted by Gasteiger charge is 2.23. The summed E-state index contributed by atoms with van der Waals surface area (Å²) in [6.45, 7) is 4.58. The molecule has 0 aromatic rings. The fourth-order valence-corrected chi connectivity index (χ4v) is 2.63. The smallest absolute Gasteiger partial charge is 0.0364 e. The predicted octanol–water partition coefficient (Wildman–Crippen LogP) is 4.22. The van der Waals surface area contributed by atoms with Gasteiger partial charge in [-0.25, -0.2) is 0 Å². The Balaban J connectivity index is 2.24. The molecule has 0 amide bonds. The van der Waals surface area contributed by atoms with E-state index in [0.717, 1.165) is 11.8 Å². The van der Waals surface area contributed by atoms with Crippen molar-refractivity contribution in [3.05, 3.63) is 0 Å². The van der Waals surface area contributed by atoms with Crippen LogP contribution in [-0.2, 0) is 0 Å². The van der Waals surface area contributed by atoms with E-state index >= 15 is 0 Å². The molecule has 1 heteroatoms. The maximum absolute atomic E-state index is 6.31. The van der Waals surface area contributed by atoms with Gasteiger partial charge in [0.15, 0.2) is 0 Å². The molecule has 0 spiro atoms. The average Bonchev–Trinajstić information content (AvgIpc) is 2.06. The molecule has 1 unspecified atom stereocenters. The molecule has 0 bridgehead atoms. The second kappa shape index (κ2) is 5.11. The summed E-state index contributed by atoms with van der Waals surface area (Å²) in [5.74, 6) is 1.77. The molecule has 0 nitrogen and oxygen atoms in total. The molecule has 1 aliphatic rings. The van der Waals surface area contributed by atoms with E-state index in [1.54, 1.807) is 0 Å². The minimum atomic E-state index is 0.461. The molecule has 0 heterocycles. The van der Waals surface area contributed by atoms with Crippen LogP contribution in [0.1, 0.15) is 52.4 Å². The molecule has 0 radical (unpaired) electrons. The van der Waals surface area contributed by atoms with E-state index < -0.39 is 0 Å². The van der Waals surface area contributed by atoms with Crippen LogP contribution in [0.25, 0.3) is 0 Å². The Morgan fingerprint density at radius 1 is 1.25 bits per heavy atom. The normalized spacial score (nSPS) is 33.2. The maximum Gasteiger partial charge on any atom is 0.0364 e. The van der Waals surface area contributed by atoms with E-state index in [9.17, 15) is 0 Å². The van der Waals surface area contributed by atoms with E-state index in [-0.39, 0.29) is 0 Å². The molecule has 72 valence electrons. The third-order valence-corrected chi connectivity index (χ3v) is 3.71. The Kier molecular flexibility index (Phi) is 4.42. The third kappa shape index (κ3) is 2.97. The highest BCUT2D eigenvalue weighted by atomic mass is 35.5. The second-order valence-electron chi connectivity index (χ2n) is 4.32. The van der Waals surface area contributed by atoms with Gasteiger partial charge in [0.2, 0.25) is 0 Å². The van der Waals surface area contributed by atoms with Crippen LogP contribution in [0.2, 0.25) is 0 Å². The van der Waals surface area contributed by atoms with Crippen molar-refractivity contribution in [3.8, 4) is 0 Å². The Morgan fingerprint density at radius 3 is 2.33 bits per heavy atom. The summed E-state index contributed by atoms with van der Waals surface area (Å²) in [5.41, 5.74) is 0. The second-order valence-corrected chi connectivity index (χ2v) is 4.89. The lowest BCUT2D eigenvalue weighted by Crippen LogP contribution is -2.20. The molecule has 1 atom stereocenters. The molecule has 1 rings (SSSR count). The number of alkyl halides is 1. The van der Waals surface area contributed by atoms with Gasteiger partial charge in [-0.1, -0.05) is 33.1 Å². The van der Waals surface area contributed by atoms with Gasteiger partial charge in [0, 0.05) is 5.38 Å². The molecule has 0 aliphatic heterocycles. The van der Waals surface area contributed by atoms with Crippen LogP contribution in [0.3, 0.4) is 0 Å². The zero-order valence-electron chi connectivity index (χ0n) is 8.35. The van der Waals surface area contributed by atoms with Crippen molar-refractivity contribution in [1.82, 2.24) is 0 Å². The van der Waals surface area contributed by atoms with Crippen LogP contribution in [0.5, 0.6) is 0 Å². The Bertz CT molecular complexity index is 114. The first-order chi connectivity index (χ1) is 5.74. The van der Waals surface area contributed by atoms with Gasteiger partial charge in [0.25, 0.3) is 0 Å². The number of hydrogen-bond acceptors (Lipinski definition) is 0. The van der Waals surface area contributed by atoms with E-state index in [4.69, 9.17) is 11.6 Å². The van der Waals surface area contributed by atoms with Gasteiger partial charge in [0.05, 0.1) is 0 Å². The lowest BCUT2D eigenvalue weighted by molar-refractivity contribution is 0.277. The molecule has 1 aliphatic carbocycles. The molecule has 0 saturated heterocycles. The van der Waals surface area contributed by atoms with E-state index in [2.05, 4.69) is 13.8 Å². The van der Waals surface area contributed by atoms with Gasteiger partial charge in [-0.05, 0) is 31.1 Å². The first-order valence-corrected chi connectivity index (χ1v) is 5.81. The summed E-state index contributed by atoms with van der Waals surface area (Å²) in [7, 11) is 0. The summed E-state index contributed by atoms with van der Waals surface area (Å²) in [4.78, 5) is 0. The van der Waals surface area contributed by atoms with Crippen molar-refractivity contribution in [1.29, 1.82) is 0 Å². The lowest BCUT2D eigenvalue weighted by Gasteiger charge is -2.29. The number of halogens is 1. The molecule has 1 saturated carbocycles. The molecule has 0 N–H and O–H groups in total. The van der Waals surface area contributed by atoms with Crippen LogP contribution in [-0.4, -0.2) is 5.38 Å². The molecular formula is C11H21Cl. The number of rotatable bonds is 3. The van der Waals surface area contributed by atoms with Gasteiger partial charge in [-0.2, -0.15) is 0 Å². The van der Waals surface area contributed by atoms with Crippen molar-refractivity contribution >= 4 is 11.6 Å². The monoisotopic (exact) mass is 188 g/mol. The first kappa shape index (κ1) is 10.4. The van der Waals surface area contributed by atoms with Crippen molar-refractivity contribution < 1.29 is 0 Å². The summed E-state index contributed by atoms with van der Waals surface area (Å²) < 4.78 is 0. The van der Waals surface area contributed by atoms with Crippen molar-refractivity contribution in [2.45, 2.75) is 57.7 Å². The fraction of sp³-hybridized carbons (Fsp3) is 1.00. The Morgan fingerprint density at radius 2 is 1.83 bits per heavy atom. The van der Waals surface area contributed by atoms with Crippen LogP contribution < -0.4 is 0 Å². The van der Waals surface area contributed by atoms with Gasteiger partial charge >= 0.3 is 0 Å². The van der Waals surface area contributed by atoms with Crippen LogP contribution in [0, 0.1) is 11.8 Å². The molecule has 0 aromatic heterocycles. The summed E-state index contributed by atoms with van der Waals surface area (Å²) in [6.07, 6.45) is 7.99. The van der Waals surface area contributed by atoms with E-state index in [1.165, 1.54) is 38.5 Å². The molecular weight excluding hydrogens is 168 g/mol. The Labute approximate surface area is 81.7 Å². The van der Waals surface area contributed by atoms with E-state index in [1.807, 2.05) is 0 Å². The SMILES string of the molecule is CCCC(Cl)C1CCC(C)CC1. The molecule has 0 aromatic carbocycles. The van der Waals surface area contributed by atoms with Gasteiger partial charge < -0.3 is 0 Å². The standard InChI is InChI=1S/C11H21Cl/c1-3-4-11(12)10-7-5-9(2)6-8-10/h9-11H,3-8H2,1-2H3. The predicted molar refractivity (Wildman–Crippen MR) is 55.7 cm³/mol.